The highest BCUT2D eigenvalue weighted by Gasteiger charge is 2.09. The standard InChI is InChI=1S/C11H13NO3/c1-15-11(14)9-4-2-3-8(7-9)10(13)5-6-12/h2-4,7H,5-6,12H2,1H3. The van der Waals surface area contributed by atoms with E-state index in [-0.39, 0.29) is 12.2 Å². The van der Waals surface area contributed by atoms with Gasteiger partial charge in [-0.3, -0.25) is 4.79 Å². The Morgan fingerprint density at radius 3 is 2.60 bits per heavy atom. The summed E-state index contributed by atoms with van der Waals surface area (Å²) in [5.74, 6) is -0.513. The molecule has 0 aromatic heterocycles. The van der Waals surface area contributed by atoms with Gasteiger partial charge in [-0.1, -0.05) is 12.1 Å². The zero-order valence-corrected chi connectivity index (χ0v) is 8.53. The van der Waals surface area contributed by atoms with Crippen LogP contribution in [0.15, 0.2) is 24.3 Å². The molecular weight excluding hydrogens is 194 g/mol. The third-order valence-corrected chi connectivity index (χ3v) is 1.98. The van der Waals surface area contributed by atoms with Crippen molar-refractivity contribution in [3.63, 3.8) is 0 Å². The Labute approximate surface area is 88.0 Å². The molecule has 0 saturated carbocycles. The maximum atomic E-state index is 11.5. The van der Waals surface area contributed by atoms with E-state index in [0.717, 1.165) is 0 Å². The molecule has 15 heavy (non-hydrogen) atoms. The van der Waals surface area contributed by atoms with Crippen LogP contribution >= 0.6 is 0 Å². The lowest BCUT2D eigenvalue weighted by atomic mass is 10.1. The third kappa shape index (κ3) is 2.89. The van der Waals surface area contributed by atoms with Gasteiger partial charge in [0.05, 0.1) is 12.7 Å². The second kappa shape index (κ2) is 5.26. The quantitative estimate of drug-likeness (QED) is 0.590. The summed E-state index contributed by atoms with van der Waals surface area (Å²) < 4.78 is 4.56. The number of esters is 1. The Hall–Kier alpha value is -1.68. The number of benzene rings is 1. The van der Waals surface area contributed by atoms with Gasteiger partial charge in [0, 0.05) is 12.0 Å². The van der Waals surface area contributed by atoms with Gasteiger partial charge in [-0.25, -0.2) is 4.79 Å². The van der Waals surface area contributed by atoms with Gasteiger partial charge >= 0.3 is 5.97 Å². The van der Waals surface area contributed by atoms with Crippen molar-refractivity contribution < 1.29 is 14.3 Å². The molecule has 0 heterocycles. The minimum Gasteiger partial charge on any atom is -0.465 e. The number of hydrogen-bond donors (Lipinski definition) is 1. The summed E-state index contributed by atoms with van der Waals surface area (Å²) in [5, 5.41) is 0. The second-order valence-electron chi connectivity index (χ2n) is 3.03. The lowest BCUT2D eigenvalue weighted by molar-refractivity contribution is 0.0600. The highest BCUT2D eigenvalue weighted by Crippen LogP contribution is 2.08. The molecular formula is C11H13NO3. The summed E-state index contributed by atoms with van der Waals surface area (Å²) in [6.07, 6.45) is 0.282. The molecule has 0 spiro atoms. The monoisotopic (exact) mass is 207 g/mol. The molecule has 80 valence electrons. The Balaban J connectivity index is 2.92. The number of rotatable bonds is 4. The summed E-state index contributed by atoms with van der Waals surface area (Å²) in [6, 6.07) is 6.43. The van der Waals surface area contributed by atoms with Gasteiger partial charge in [0.15, 0.2) is 5.78 Å². The van der Waals surface area contributed by atoms with Gasteiger partial charge in [-0.15, -0.1) is 0 Å². The van der Waals surface area contributed by atoms with Gasteiger partial charge in [0.25, 0.3) is 0 Å². The molecule has 0 radical (unpaired) electrons. The van der Waals surface area contributed by atoms with Crippen LogP contribution in [0.4, 0.5) is 0 Å². The molecule has 0 fully saturated rings. The molecule has 0 amide bonds. The SMILES string of the molecule is COC(=O)c1cccc(C(=O)CCN)c1. The highest BCUT2D eigenvalue weighted by molar-refractivity contribution is 5.99. The lowest BCUT2D eigenvalue weighted by Gasteiger charge is -2.02. The van der Waals surface area contributed by atoms with Crippen molar-refractivity contribution in [2.45, 2.75) is 6.42 Å². The summed E-state index contributed by atoms with van der Waals surface area (Å²) in [5.41, 5.74) is 6.14. The molecule has 1 aromatic carbocycles. The molecule has 0 unspecified atom stereocenters. The van der Waals surface area contributed by atoms with Crippen LogP contribution in [0.2, 0.25) is 0 Å². The van der Waals surface area contributed by atoms with Gasteiger partial charge in [-0.2, -0.15) is 0 Å². The molecule has 4 nitrogen and oxygen atoms in total. The lowest BCUT2D eigenvalue weighted by Crippen LogP contribution is -2.09. The minimum absolute atomic E-state index is 0.0664. The first kappa shape index (κ1) is 11.4. The van der Waals surface area contributed by atoms with E-state index < -0.39 is 5.97 Å². The van der Waals surface area contributed by atoms with Crippen molar-refractivity contribution in [2.75, 3.05) is 13.7 Å². The Kier molecular flexibility index (Phi) is 4.00. The van der Waals surface area contributed by atoms with Crippen LogP contribution in [0, 0.1) is 0 Å². The third-order valence-electron chi connectivity index (χ3n) is 1.98. The number of carbonyl (C=O) groups is 2. The van der Waals surface area contributed by atoms with Gasteiger partial charge < -0.3 is 10.5 Å². The average Bonchev–Trinajstić information content (AvgIpc) is 2.28. The van der Waals surface area contributed by atoms with Crippen molar-refractivity contribution >= 4 is 11.8 Å². The molecule has 1 aromatic rings. The summed E-state index contributed by atoms with van der Waals surface area (Å²) in [4.78, 5) is 22.7. The fraction of sp³-hybridized carbons (Fsp3) is 0.273. The predicted octanol–water partition coefficient (Wildman–Crippen LogP) is 1.00. The summed E-state index contributed by atoms with van der Waals surface area (Å²) in [7, 11) is 1.30. The molecule has 0 aliphatic heterocycles. The van der Waals surface area contributed by atoms with E-state index in [4.69, 9.17) is 5.73 Å². The number of ketones is 1. The Morgan fingerprint density at radius 2 is 2.00 bits per heavy atom. The Morgan fingerprint density at radius 1 is 1.33 bits per heavy atom. The van der Waals surface area contributed by atoms with E-state index in [1.165, 1.54) is 13.2 Å². The van der Waals surface area contributed by atoms with Crippen LogP contribution in [0.3, 0.4) is 0 Å². The topological polar surface area (TPSA) is 69.4 Å². The number of carbonyl (C=O) groups excluding carboxylic acids is 2. The number of nitrogens with two attached hydrogens (primary N) is 1. The normalized spacial score (nSPS) is 9.73. The predicted molar refractivity (Wildman–Crippen MR) is 55.8 cm³/mol. The van der Waals surface area contributed by atoms with Crippen LogP contribution < -0.4 is 5.73 Å². The molecule has 0 bridgehead atoms. The maximum Gasteiger partial charge on any atom is 0.337 e. The van der Waals surface area contributed by atoms with E-state index in [0.29, 0.717) is 17.7 Å². The number of ether oxygens (including phenoxy) is 1. The Bertz CT molecular complexity index is 374. The number of Topliss-reactive ketones (excluding diaryl/α,β-unsaturated/α-hetero) is 1. The minimum atomic E-state index is -0.447. The van der Waals surface area contributed by atoms with Crippen molar-refractivity contribution in [1.82, 2.24) is 0 Å². The van der Waals surface area contributed by atoms with E-state index in [1.54, 1.807) is 18.2 Å². The fourth-order valence-corrected chi connectivity index (χ4v) is 1.21. The second-order valence-corrected chi connectivity index (χ2v) is 3.03. The van der Waals surface area contributed by atoms with Crippen LogP contribution in [0.1, 0.15) is 27.1 Å². The molecule has 2 N–H and O–H groups in total. The first-order valence-corrected chi connectivity index (χ1v) is 4.60. The van der Waals surface area contributed by atoms with Crippen LogP contribution in [0.5, 0.6) is 0 Å². The van der Waals surface area contributed by atoms with E-state index >= 15 is 0 Å². The number of hydrogen-bond acceptors (Lipinski definition) is 4. The summed E-state index contributed by atoms with van der Waals surface area (Å²) >= 11 is 0. The smallest absolute Gasteiger partial charge is 0.337 e. The average molecular weight is 207 g/mol. The largest absolute Gasteiger partial charge is 0.465 e. The highest BCUT2D eigenvalue weighted by atomic mass is 16.5. The van der Waals surface area contributed by atoms with E-state index in [2.05, 4.69) is 4.74 Å². The van der Waals surface area contributed by atoms with Crippen LogP contribution in [-0.4, -0.2) is 25.4 Å². The fourth-order valence-electron chi connectivity index (χ4n) is 1.21. The van der Waals surface area contributed by atoms with Crippen LogP contribution in [-0.2, 0) is 4.74 Å². The first-order chi connectivity index (χ1) is 7.19. The van der Waals surface area contributed by atoms with Crippen molar-refractivity contribution in [3.8, 4) is 0 Å². The first-order valence-electron chi connectivity index (χ1n) is 4.60. The zero-order valence-electron chi connectivity index (χ0n) is 8.53. The van der Waals surface area contributed by atoms with E-state index in [1.807, 2.05) is 0 Å². The molecule has 1 rings (SSSR count). The van der Waals surface area contributed by atoms with Crippen molar-refractivity contribution in [2.24, 2.45) is 5.73 Å². The van der Waals surface area contributed by atoms with Crippen LogP contribution in [0.25, 0.3) is 0 Å². The molecule has 0 aliphatic carbocycles. The molecule has 0 aliphatic rings. The van der Waals surface area contributed by atoms with Gasteiger partial charge in [0.1, 0.15) is 0 Å². The van der Waals surface area contributed by atoms with Crippen molar-refractivity contribution in [1.29, 1.82) is 0 Å². The molecule has 0 atom stereocenters. The maximum absolute atomic E-state index is 11.5. The molecule has 4 heteroatoms. The molecule has 0 saturated heterocycles. The van der Waals surface area contributed by atoms with Crippen molar-refractivity contribution in [3.05, 3.63) is 35.4 Å². The van der Waals surface area contributed by atoms with Gasteiger partial charge in [0.2, 0.25) is 0 Å². The zero-order chi connectivity index (χ0) is 11.3. The number of methoxy groups -OCH3 is 1. The summed E-state index contributed by atoms with van der Waals surface area (Å²) in [6.45, 7) is 0.307. The van der Waals surface area contributed by atoms with Gasteiger partial charge in [-0.05, 0) is 18.7 Å². The van der Waals surface area contributed by atoms with E-state index in [9.17, 15) is 9.59 Å².